The Morgan fingerprint density at radius 2 is 2.18 bits per heavy atom. The number of aromatic nitrogens is 1. The van der Waals surface area contributed by atoms with Gasteiger partial charge < -0.3 is 10.0 Å². The van der Waals surface area contributed by atoms with Crippen molar-refractivity contribution in [3.05, 3.63) is 16.1 Å². The van der Waals surface area contributed by atoms with Crippen LogP contribution in [0.25, 0.3) is 0 Å². The van der Waals surface area contributed by atoms with Gasteiger partial charge in [-0.25, -0.2) is 9.78 Å². The van der Waals surface area contributed by atoms with Gasteiger partial charge >= 0.3 is 6.09 Å². The first kappa shape index (κ1) is 16.1. The summed E-state index contributed by atoms with van der Waals surface area (Å²) in [5.41, 5.74) is 3.26. The number of rotatable bonds is 2. The average molecular weight is 342 g/mol. The van der Waals surface area contributed by atoms with E-state index < -0.39 is 6.09 Å². The number of hydrogen-bond acceptors (Lipinski definition) is 5. The molecule has 1 aliphatic carbocycles. The number of fused-ring (bicyclic) bond motifs is 1. The first-order valence-corrected chi connectivity index (χ1v) is 9.34. The minimum absolute atomic E-state index is 0.125. The van der Waals surface area contributed by atoms with Crippen LogP contribution in [0.5, 0.6) is 0 Å². The maximum atomic E-state index is 11.2. The predicted molar refractivity (Wildman–Crippen MR) is 90.3 cm³/mol. The molecule has 1 atom stereocenters. The topological polar surface area (TPSA) is 65.5 Å². The number of thiazole rings is 1. The summed E-state index contributed by atoms with van der Waals surface area (Å²) in [4.78, 5) is 18.6. The monoisotopic (exact) mass is 341 g/mol. The largest absolute Gasteiger partial charge is 0.465 e. The number of carboxylic acid groups (broad SMARTS) is 1. The molecule has 1 amide bonds. The van der Waals surface area contributed by atoms with Crippen LogP contribution in [-0.4, -0.2) is 38.9 Å². The Morgan fingerprint density at radius 1 is 1.50 bits per heavy atom. The van der Waals surface area contributed by atoms with Crippen LogP contribution in [0.2, 0.25) is 0 Å². The zero-order valence-corrected chi connectivity index (χ0v) is 14.9. The van der Waals surface area contributed by atoms with Gasteiger partial charge in [-0.15, -0.1) is 11.3 Å². The molecular weight excluding hydrogens is 318 g/mol. The smallest absolute Gasteiger partial charge is 0.407 e. The lowest BCUT2D eigenvalue weighted by Crippen LogP contribution is -2.46. The minimum atomic E-state index is -0.797. The Morgan fingerprint density at radius 3 is 2.77 bits per heavy atom. The van der Waals surface area contributed by atoms with Crippen LogP contribution in [0.3, 0.4) is 0 Å². The molecule has 0 unspecified atom stereocenters. The van der Waals surface area contributed by atoms with Gasteiger partial charge in [0.05, 0.1) is 17.2 Å². The van der Waals surface area contributed by atoms with Crippen molar-refractivity contribution in [1.82, 2.24) is 14.6 Å². The zero-order chi connectivity index (χ0) is 16.0. The van der Waals surface area contributed by atoms with E-state index in [0.717, 1.165) is 19.3 Å². The molecule has 1 fully saturated rings. The van der Waals surface area contributed by atoms with Crippen molar-refractivity contribution in [2.45, 2.75) is 50.8 Å². The lowest BCUT2D eigenvalue weighted by Gasteiger charge is -2.42. The van der Waals surface area contributed by atoms with Gasteiger partial charge in [0.25, 0.3) is 0 Å². The van der Waals surface area contributed by atoms with Gasteiger partial charge in [-0.2, -0.15) is 0 Å². The molecule has 1 aromatic rings. The molecule has 2 aliphatic rings. The van der Waals surface area contributed by atoms with Crippen LogP contribution in [0.4, 0.5) is 4.79 Å². The Balaban J connectivity index is 1.78. The van der Waals surface area contributed by atoms with Crippen LogP contribution in [0.15, 0.2) is 5.51 Å². The van der Waals surface area contributed by atoms with Gasteiger partial charge in [-0.3, -0.25) is 4.72 Å². The molecule has 0 aromatic carbocycles. The van der Waals surface area contributed by atoms with Crippen molar-refractivity contribution in [2.75, 3.05) is 13.1 Å². The van der Waals surface area contributed by atoms with Crippen molar-refractivity contribution in [3.8, 4) is 0 Å². The van der Waals surface area contributed by atoms with Crippen LogP contribution in [0, 0.1) is 5.41 Å². The average Bonchev–Trinajstić information content (AvgIpc) is 2.95. The van der Waals surface area contributed by atoms with Gasteiger partial charge in [0, 0.05) is 28.1 Å². The highest BCUT2D eigenvalue weighted by molar-refractivity contribution is 7.98. The summed E-state index contributed by atoms with van der Waals surface area (Å²) in [5.74, 6) is 0. The zero-order valence-electron chi connectivity index (χ0n) is 13.3. The number of hydrogen-bond donors (Lipinski definition) is 2. The first-order valence-electron chi connectivity index (χ1n) is 7.64. The van der Waals surface area contributed by atoms with Crippen molar-refractivity contribution in [2.24, 2.45) is 5.41 Å². The Hall–Kier alpha value is -0.790. The molecule has 1 aromatic heterocycles. The third kappa shape index (κ3) is 2.98. The summed E-state index contributed by atoms with van der Waals surface area (Å²) in [5, 5.41) is 9.17. The highest BCUT2D eigenvalue weighted by atomic mass is 32.2. The normalized spacial score (nSPS) is 23.8. The fraction of sp³-hybridized carbons (Fsp3) is 0.733. The number of nitrogens with one attached hydrogen (secondary N) is 1. The van der Waals surface area contributed by atoms with Crippen molar-refractivity contribution in [1.29, 1.82) is 0 Å². The van der Waals surface area contributed by atoms with Gasteiger partial charge in [0.2, 0.25) is 0 Å². The molecule has 0 bridgehead atoms. The second kappa shape index (κ2) is 5.69. The van der Waals surface area contributed by atoms with E-state index in [4.69, 9.17) is 0 Å². The summed E-state index contributed by atoms with van der Waals surface area (Å²) in [7, 11) is 0. The summed E-state index contributed by atoms with van der Waals surface area (Å²) in [6.07, 6.45) is 1.99. The molecule has 0 saturated carbocycles. The van der Waals surface area contributed by atoms with Crippen LogP contribution in [0.1, 0.15) is 50.2 Å². The van der Waals surface area contributed by atoms with Gasteiger partial charge in [-0.1, -0.05) is 11.9 Å². The molecule has 2 heterocycles. The first-order chi connectivity index (χ1) is 10.3. The number of piperidine rings is 1. The van der Waals surface area contributed by atoms with E-state index >= 15 is 0 Å². The van der Waals surface area contributed by atoms with Crippen molar-refractivity contribution >= 4 is 29.4 Å². The Labute approximate surface area is 139 Å². The van der Waals surface area contributed by atoms with E-state index in [0.29, 0.717) is 13.1 Å². The maximum Gasteiger partial charge on any atom is 0.407 e. The molecular formula is C15H23N3O2S2. The van der Waals surface area contributed by atoms with E-state index in [1.165, 1.54) is 10.6 Å². The molecule has 22 heavy (non-hydrogen) atoms. The minimum Gasteiger partial charge on any atom is -0.465 e. The van der Waals surface area contributed by atoms with E-state index in [-0.39, 0.29) is 16.2 Å². The van der Waals surface area contributed by atoms with Crippen LogP contribution >= 0.6 is 23.3 Å². The van der Waals surface area contributed by atoms with Gasteiger partial charge in [0.1, 0.15) is 0 Å². The second-order valence-electron chi connectivity index (χ2n) is 7.24. The molecule has 2 N–H and O–H groups in total. The third-order valence-electron chi connectivity index (χ3n) is 4.58. The second-order valence-corrected chi connectivity index (χ2v) is 9.79. The summed E-state index contributed by atoms with van der Waals surface area (Å²) >= 11 is 3.50. The molecule has 0 radical (unpaired) electrons. The molecule has 5 nitrogen and oxygen atoms in total. The Kier molecular flexibility index (Phi) is 4.16. The highest BCUT2D eigenvalue weighted by Gasteiger charge is 2.50. The fourth-order valence-corrected chi connectivity index (χ4v) is 5.30. The predicted octanol–water partition coefficient (Wildman–Crippen LogP) is 3.54. The standard InChI is InChI=1S/C15H23N3O2S2/c1-14(2,3)22-17-12-11-10(16-9-21-11)8-15(12)4-6-18(7-5-15)13(19)20/h9,12,17H,4-8H2,1-3H3,(H,19,20)/t12-/m0/s1. The number of nitrogens with zero attached hydrogens (tertiary/aromatic N) is 2. The van der Waals surface area contributed by atoms with E-state index in [9.17, 15) is 9.90 Å². The Bertz CT molecular complexity index is 559. The summed E-state index contributed by atoms with van der Waals surface area (Å²) < 4.78 is 3.84. The lowest BCUT2D eigenvalue weighted by atomic mass is 9.74. The van der Waals surface area contributed by atoms with E-state index in [2.05, 4.69) is 30.5 Å². The molecule has 7 heteroatoms. The SMILES string of the molecule is CC(C)(C)SN[C@H]1c2scnc2CC12CCN(C(=O)O)CC2. The molecule has 1 spiro atoms. The van der Waals surface area contributed by atoms with Crippen molar-refractivity contribution in [3.63, 3.8) is 0 Å². The number of amides is 1. The van der Waals surface area contributed by atoms with Crippen LogP contribution in [-0.2, 0) is 6.42 Å². The van der Waals surface area contributed by atoms with Gasteiger partial charge in [-0.05, 0) is 40.0 Å². The van der Waals surface area contributed by atoms with E-state index in [1.54, 1.807) is 28.2 Å². The fourth-order valence-electron chi connectivity index (χ4n) is 3.38. The highest BCUT2D eigenvalue weighted by Crippen LogP contribution is 2.54. The molecule has 3 rings (SSSR count). The molecule has 1 aliphatic heterocycles. The molecule has 122 valence electrons. The van der Waals surface area contributed by atoms with E-state index in [1.807, 2.05) is 5.51 Å². The summed E-state index contributed by atoms with van der Waals surface area (Å²) in [6.45, 7) is 7.86. The van der Waals surface area contributed by atoms with Crippen LogP contribution < -0.4 is 4.72 Å². The maximum absolute atomic E-state index is 11.2. The lowest BCUT2D eigenvalue weighted by molar-refractivity contribution is 0.0773. The summed E-state index contributed by atoms with van der Waals surface area (Å²) in [6, 6.07) is 0.287. The van der Waals surface area contributed by atoms with Crippen molar-refractivity contribution < 1.29 is 9.90 Å². The van der Waals surface area contributed by atoms with Gasteiger partial charge in [0.15, 0.2) is 0 Å². The number of likely N-dealkylation sites (tertiary alicyclic amines) is 1. The molecule has 1 saturated heterocycles. The quantitative estimate of drug-likeness (QED) is 0.806. The third-order valence-corrected chi connectivity index (χ3v) is 6.48. The number of carbonyl (C=O) groups is 1.